The van der Waals surface area contributed by atoms with Gasteiger partial charge in [0.15, 0.2) is 0 Å². The highest BCUT2D eigenvalue weighted by atomic mass is 15.3. The highest BCUT2D eigenvalue weighted by Gasteiger charge is 2.20. The Bertz CT molecular complexity index is 745. The van der Waals surface area contributed by atoms with Crippen LogP contribution >= 0.6 is 0 Å². The molecule has 1 aromatic carbocycles. The fraction of sp³-hybridized carbons (Fsp3) is 0.474. The van der Waals surface area contributed by atoms with Gasteiger partial charge in [0.05, 0.1) is 11.2 Å². The number of benzene rings is 1. The third kappa shape index (κ3) is 2.72. The molecular weight excluding hydrogens is 284 g/mol. The molecule has 4 heteroatoms. The number of nitrogens with zero attached hydrogens (tertiary/aromatic N) is 4. The van der Waals surface area contributed by atoms with Crippen molar-refractivity contribution < 1.29 is 0 Å². The monoisotopic (exact) mass is 308 g/mol. The van der Waals surface area contributed by atoms with E-state index in [-0.39, 0.29) is 0 Å². The number of rotatable bonds is 3. The minimum atomic E-state index is 0.895. The van der Waals surface area contributed by atoms with Crippen LogP contribution in [0.5, 0.6) is 0 Å². The molecular formula is C19H24N4. The first-order chi connectivity index (χ1) is 11.2. The minimum Gasteiger partial charge on any atom is -0.338 e. The zero-order valence-electron chi connectivity index (χ0n) is 13.9. The predicted octanol–water partition coefficient (Wildman–Crippen LogP) is 2.73. The molecule has 4 rings (SSSR count). The van der Waals surface area contributed by atoms with Crippen LogP contribution in [0.25, 0.3) is 10.9 Å². The topological polar surface area (TPSA) is 32.3 Å². The van der Waals surface area contributed by atoms with E-state index < -0.39 is 0 Å². The lowest BCUT2D eigenvalue weighted by Crippen LogP contribution is -2.47. The van der Waals surface area contributed by atoms with Crippen LogP contribution in [-0.2, 0) is 12.8 Å². The van der Waals surface area contributed by atoms with Crippen LogP contribution < -0.4 is 4.90 Å². The molecule has 0 atom stereocenters. The lowest BCUT2D eigenvalue weighted by atomic mass is 10.1. The Morgan fingerprint density at radius 2 is 1.83 bits per heavy atom. The Labute approximate surface area is 137 Å². The zero-order valence-corrected chi connectivity index (χ0v) is 13.9. The minimum absolute atomic E-state index is 0.895. The van der Waals surface area contributed by atoms with Gasteiger partial charge < -0.3 is 4.90 Å². The first-order valence-corrected chi connectivity index (χ1v) is 8.63. The summed E-state index contributed by atoms with van der Waals surface area (Å²) in [5.41, 5.74) is 5.20. The molecule has 1 aromatic heterocycles. The summed E-state index contributed by atoms with van der Waals surface area (Å²) < 4.78 is 0. The number of anilines is 1. The molecule has 1 fully saturated rings. The lowest BCUT2D eigenvalue weighted by Gasteiger charge is -2.34. The van der Waals surface area contributed by atoms with E-state index in [0.717, 1.165) is 49.9 Å². The lowest BCUT2D eigenvalue weighted by molar-refractivity contribution is 0.283. The Balaban J connectivity index is 1.64. The predicted molar refractivity (Wildman–Crippen MR) is 95.2 cm³/mol. The molecule has 2 aliphatic rings. The van der Waals surface area contributed by atoms with Crippen molar-refractivity contribution in [3.63, 3.8) is 0 Å². The van der Waals surface area contributed by atoms with E-state index in [4.69, 9.17) is 9.97 Å². The zero-order chi connectivity index (χ0) is 15.8. The summed E-state index contributed by atoms with van der Waals surface area (Å²) >= 11 is 0. The van der Waals surface area contributed by atoms with Crippen LogP contribution in [0, 0.1) is 6.92 Å². The van der Waals surface area contributed by atoms with Gasteiger partial charge >= 0.3 is 0 Å². The van der Waals surface area contributed by atoms with Crippen LogP contribution in [0.15, 0.2) is 24.8 Å². The Morgan fingerprint density at radius 3 is 2.57 bits per heavy atom. The Kier molecular flexibility index (Phi) is 3.77. The van der Waals surface area contributed by atoms with Gasteiger partial charge in [0.2, 0.25) is 5.95 Å². The van der Waals surface area contributed by atoms with E-state index in [1.165, 1.54) is 35.8 Å². The second-order valence-electron chi connectivity index (χ2n) is 6.68. The molecule has 0 spiro atoms. The van der Waals surface area contributed by atoms with Crippen molar-refractivity contribution in [3.8, 4) is 0 Å². The molecule has 1 aliphatic carbocycles. The number of piperazine rings is 1. The van der Waals surface area contributed by atoms with Crippen molar-refractivity contribution >= 4 is 16.9 Å². The number of aryl methyl sites for hydroxylation is 3. The van der Waals surface area contributed by atoms with E-state index in [1.54, 1.807) is 0 Å². The smallest absolute Gasteiger partial charge is 0.226 e. The third-order valence-electron chi connectivity index (χ3n) is 5.13. The van der Waals surface area contributed by atoms with Gasteiger partial charge in [0, 0.05) is 38.1 Å². The number of aromatic nitrogens is 2. The van der Waals surface area contributed by atoms with Crippen LogP contribution in [0.3, 0.4) is 0 Å². The van der Waals surface area contributed by atoms with Crippen molar-refractivity contribution in [1.82, 2.24) is 14.9 Å². The first-order valence-electron chi connectivity index (χ1n) is 8.63. The number of hydrogen-bond donors (Lipinski definition) is 0. The third-order valence-corrected chi connectivity index (χ3v) is 5.13. The van der Waals surface area contributed by atoms with Gasteiger partial charge in [-0.25, -0.2) is 9.97 Å². The van der Waals surface area contributed by atoms with Gasteiger partial charge in [0.25, 0.3) is 0 Å². The summed E-state index contributed by atoms with van der Waals surface area (Å²) in [5, 5.41) is 1.22. The molecule has 0 unspecified atom stereocenters. The average Bonchev–Trinajstić information content (AvgIpc) is 3.01. The molecule has 1 aliphatic heterocycles. The maximum Gasteiger partial charge on any atom is 0.226 e. The molecule has 23 heavy (non-hydrogen) atoms. The second kappa shape index (κ2) is 5.93. The van der Waals surface area contributed by atoms with Crippen LogP contribution in [-0.4, -0.2) is 47.6 Å². The van der Waals surface area contributed by atoms with Gasteiger partial charge in [0.1, 0.15) is 0 Å². The first kappa shape index (κ1) is 14.6. The highest BCUT2D eigenvalue weighted by Crippen LogP contribution is 2.29. The number of fused-ring (bicyclic) bond motifs is 2. The van der Waals surface area contributed by atoms with Gasteiger partial charge in [-0.2, -0.15) is 0 Å². The SMILES string of the molecule is C=CCN1CCN(c2nc(C)c3cc4c(cc3n2)CCC4)CC1. The fourth-order valence-electron chi connectivity index (χ4n) is 3.79. The Morgan fingerprint density at radius 1 is 1.09 bits per heavy atom. The van der Waals surface area contributed by atoms with Crippen molar-refractivity contribution in [2.45, 2.75) is 26.2 Å². The molecule has 0 amide bonds. The Hall–Kier alpha value is -1.94. The summed E-state index contributed by atoms with van der Waals surface area (Å²) in [6.45, 7) is 11.0. The van der Waals surface area contributed by atoms with Crippen LogP contribution in [0.2, 0.25) is 0 Å². The van der Waals surface area contributed by atoms with Crippen molar-refractivity contribution in [1.29, 1.82) is 0 Å². The maximum atomic E-state index is 4.88. The molecule has 120 valence electrons. The largest absolute Gasteiger partial charge is 0.338 e. The molecule has 2 aromatic rings. The summed E-state index contributed by atoms with van der Waals surface area (Å²) in [7, 11) is 0. The van der Waals surface area contributed by atoms with Crippen LogP contribution in [0.4, 0.5) is 5.95 Å². The second-order valence-corrected chi connectivity index (χ2v) is 6.68. The van der Waals surface area contributed by atoms with Gasteiger partial charge in [-0.15, -0.1) is 6.58 Å². The van der Waals surface area contributed by atoms with E-state index in [0.29, 0.717) is 0 Å². The van der Waals surface area contributed by atoms with Gasteiger partial charge in [-0.3, -0.25) is 4.90 Å². The van der Waals surface area contributed by atoms with Crippen molar-refractivity contribution in [3.05, 3.63) is 41.6 Å². The standard InChI is InChI=1S/C19H24N4/c1-3-7-22-8-10-23(11-9-22)19-20-14(2)17-12-15-5-4-6-16(15)13-18(17)21-19/h3,12-13H,1,4-11H2,2H3. The molecule has 0 bridgehead atoms. The molecule has 4 nitrogen and oxygen atoms in total. The van der Waals surface area contributed by atoms with Crippen LogP contribution in [0.1, 0.15) is 23.2 Å². The molecule has 1 saturated heterocycles. The van der Waals surface area contributed by atoms with Crippen molar-refractivity contribution in [2.75, 3.05) is 37.6 Å². The highest BCUT2D eigenvalue weighted by molar-refractivity contribution is 5.84. The van der Waals surface area contributed by atoms with Gasteiger partial charge in [-0.1, -0.05) is 6.08 Å². The molecule has 0 radical (unpaired) electrons. The molecule has 0 saturated carbocycles. The van der Waals surface area contributed by atoms with E-state index in [9.17, 15) is 0 Å². The summed E-state index contributed by atoms with van der Waals surface area (Å²) in [4.78, 5) is 14.4. The average molecular weight is 308 g/mol. The van der Waals surface area contributed by atoms with E-state index in [2.05, 4.69) is 35.4 Å². The summed E-state index contributed by atoms with van der Waals surface area (Å²) in [6.07, 6.45) is 5.66. The maximum absolute atomic E-state index is 4.88. The van der Waals surface area contributed by atoms with Crippen molar-refractivity contribution in [2.24, 2.45) is 0 Å². The quantitative estimate of drug-likeness (QED) is 0.816. The molecule has 0 N–H and O–H groups in total. The fourth-order valence-corrected chi connectivity index (χ4v) is 3.79. The van der Waals surface area contributed by atoms with E-state index in [1.807, 2.05) is 6.08 Å². The van der Waals surface area contributed by atoms with E-state index >= 15 is 0 Å². The summed E-state index contributed by atoms with van der Waals surface area (Å²) in [6, 6.07) is 4.61. The molecule has 2 heterocycles. The number of hydrogen-bond acceptors (Lipinski definition) is 4. The summed E-state index contributed by atoms with van der Waals surface area (Å²) in [5.74, 6) is 0.895. The van der Waals surface area contributed by atoms with Gasteiger partial charge in [-0.05, 0) is 49.4 Å². The normalized spacial score (nSPS) is 18.4.